The minimum atomic E-state index is 0.472. The van der Waals surface area contributed by atoms with Gasteiger partial charge in [-0.05, 0) is 51.4 Å². The molecular weight excluding hydrogens is 244 g/mol. The van der Waals surface area contributed by atoms with Gasteiger partial charge in [-0.2, -0.15) is 0 Å². The fourth-order valence-corrected chi connectivity index (χ4v) is 3.48. The third kappa shape index (κ3) is 4.32. The van der Waals surface area contributed by atoms with Crippen LogP contribution in [-0.2, 0) is 0 Å². The minimum absolute atomic E-state index is 0.472. The number of hydrogen-bond acceptors (Lipinski definition) is 2. The first-order valence-corrected chi connectivity index (χ1v) is 8.13. The second-order valence-corrected chi connectivity index (χ2v) is 6.45. The maximum atomic E-state index is 3.46. The summed E-state index contributed by atoms with van der Waals surface area (Å²) in [6.45, 7) is 3.58. The van der Waals surface area contributed by atoms with Crippen molar-refractivity contribution in [2.24, 2.45) is 5.92 Å². The first-order valence-electron chi connectivity index (χ1n) is 8.13. The highest BCUT2D eigenvalue weighted by Crippen LogP contribution is 2.27. The fraction of sp³-hybridized carbons (Fsp3) is 0.667. The third-order valence-electron chi connectivity index (χ3n) is 4.85. The molecule has 3 atom stereocenters. The molecule has 2 heteroatoms. The minimum Gasteiger partial charge on any atom is -0.313 e. The zero-order chi connectivity index (χ0) is 14.4. The first kappa shape index (κ1) is 15.5. The van der Waals surface area contributed by atoms with Crippen LogP contribution < -0.4 is 5.32 Å². The third-order valence-corrected chi connectivity index (χ3v) is 4.85. The molecule has 0 aliphatic heterocycles. The van der Waals surface area contributed by atoms with Crippen LogP contribution in [0.15, 0.2) is 30.3 Å². The summed E-state index contributed by atoms with van der Waals surface area (Å²) in [5.41, 5.74) is 1.40. The van der Waals surface area contributed by atoms with Gasteiger partial charge in [0.15, 0.2) is 0 Å². The van der Waals surface area contributed by atoms with E-state index in [1.165, 1.54) is 44.2 Å². The summed E-state index contributed by atoms with van der Waals surface area (Å²) in [5, 5.41) is 3.46. The Balaban J connectivity index is 1.83. The van der Waals surface area contributed by atoms with E-state index < -0.39 is 0 Å². The van der Waals surface area contributed by atoms with Crippen LogP contribution in [0.25, 0.3) is 0 Å². The van der Waals surface area contributed by atoms with E-state index in [0.717, 1.165) is 12.0 Å². The van der Waals surface area contributed by atoms with Gasteiger partial charge in [0.1, 0.15) is 0 Å². The smallest absolute Gasteiger partial charge is 0.0329 e. The Morgan fingerprint density at radius 1 is 1.25 bits per heavy atom. The van der Waals surface area contributed by atoms with Gasteiger partial charge in [0.2, 0.25) is 0 Å². The standard InChI is InChI=1S/C18H30N2/c1-15-8-7-11-17(14-15)20(3)13-12-18(19-2)16-9-5-4-6-10-16/h4-6,9-10,15,17-19H,7-8,11-14H2,1-3H3. The Morgan fingerprint density at radius 3 is 2.65 bits per heavy atom. The molecule has 3 unspecified atom stereocenters. The van der Waals surface area contributed by atoms with Crippen molar-refractivity contribution in [1.82, 2.24) is 10.2 Å². The summed E-state index contributed by atoms with van der Waals surface area (Å²) in [7, 11) is 4.38. The van der Waals surface area contributed by atoms with Gasteiger partial charge in [0, 0.05) is 12.1 Å². The van der Waals surface area contributed by atoms with Crippen molar-refractivity contribution < 1.29 is 0 Å². The van der Waals surface area contributed by atoms with E-state index in [0.29, 0.717) is 6.04 Å². The van der Waals surface area contributed by atoms with E-state index in [1.807, 2.05) is 0 Å². The number of benzene rings is 1. The molecule has 1 aromatic carbocycles. The van der Waals surface area contributed by atoms with Gasteiger partial charge in [-0.1, -0.05) is 50.1 Å². The van der Waals surface area contributed by atoms with Gasteiger partial charge in [-0.25, -0.2) is 0 Å². The predicted octanol–water partition coefficient (Wildman–Crippen LogP) is 3.85. The molecule has 1 aromatic rings. The predicted molar refractivity (Wildman–Crippen MR) is 86.9 cm³/mol. The van der Waals surface area contributed by atoms with Crippen LogP contribution in [0.4, 0.5) is 0 Å². The van der Waals surface area contributed by atoms with Crippen LogP contribution in [0.5, 0.6) is 0 Å². The van der Waals surface area contributed by atoms with Crippen molar-refractivity contribution in [3.63, 3.8) is 0 Å². The van der Waals surface area contributed by atoms with Crippen LogP contribution in [-0.4, -0.2) is 31.6 Å². The van der Waals surface area contributed by atoms with E-state index in [1.54, 1.807) is 0 Å². The van der Waals surface area contributed by atoms with Crippen LogP contribution in [0.3, 0.4) is 0 Å². The molecule has 2 nitrogen and oxygen atoms in total. The number of nitrogens with zero attached hydrogens (tertiary/aromatic N) is 1. The molecule has 20 heavy (non-hydrogen) atoms. The lowest BCUT2D eigenvalue weighted by Gasteiger charge is -2.35. The Hall–Kier alpha value is -0.860. The zero-order valence-corrected chi connectivity index (χ0v) is 13.3. The average Bonchev–Trinajstić information content (AvgIpc) is 2.49. The van der Waals surface area contributed by atoms with E-state index in [-0.39, 0.29) is 0 Å². The lowest BCUT2D eigenvalue weighted by atomic mass is 9.86. The molecule has 2 rings (SSSR count). The van der Waals surface area contributed by atoms with Crippen molar-refractivity contribution in [2.75, 3.05) is 20.6 Å². The monoisotopic (exact) mass is 274 g/mol. The van der Waals surface area contributed by atoms with Gasteiger partial charge in [-0.3, -0.25) is 0 Å². The molecule has 0 amide bonds. The normalized spacial score (nSPS) is 24.8. The molecule has 1 fully saturated rings. The summed E-state index contributed by atoms with van der Waals surface area (Å²) in [5.74, 6) is 0.908. The highest BCUT2D eigenvalue weighted by molar-refractivity contribution is 5.18. The maximum absolute atomic E-state index is 3.46. The van der Waals surface area contributed by atoms with Crippen LogP contribution >= 0.6 is 0 Å². The second kappa shape index (κ2) is 7.80. The van der Waals surface area contributed by atoms with Gasteiger partial charge >= 0.3 is 0 Å². The lowest BCUT2D eigenvalue weighted by molar-refractivity contribution is 0.158. The fourth-order valence-electron chi connectivity index (χ4n) is 3.48. The highest BCUT2D eigenvalue weighted by Gasteiger charge is 2.22. The zero-order valence-electron chi connectivity index (χ0n) is 13.3. The molecule has 0 spiro atoms. The van der Waals surface area contributed by atoms with E-state index in [4.69, 9.17) is 0 Å². The second-order valence-electron chi connectivity index (χ2n) is 6.45. The molecule has 0 heterocycles. The van der Waals surface area contributed by atoms with Gasteiger partial charge in [-0.15, -0.1) is 0 Å². The topological polar surface area (TPSA) is 15.3 Å². The van der Waals surface area contributed by atoms with Crippen LogP contribution in [0, 0.1) is 5.92 Å². The molecule has 0 aromatic heterocycles. The van der Waals surface area contributed by atoms with E-state index in [2.05, 4.69) is 61.6 Å². The molecule has 0 radical (unpaired) electrons. The Kier molecular flexibility index (Phi) is 6.06. The molecule has 0 bridgehead atoms. The summed E-state index contributed by atoms with van der Waals surface area (Å²) in [4.78, 5) is 2.59. The maximum Gasteiger partial charge on any atom is 0.0329 e. The molecule has 1 aliphatic carbocycles. The molecule has 1 N–H and O–H groups in total. The van der Waals surface area contributed by atoms with E-state index in [9.17, 15) is 0 Å². The van der Waals surface area contributed by atoms with Gasteiger partial charge < -0.3 is 10.2 Å². The van der Waals surface area contributed by atoms with Crippen molar-refractivity contribution in [3.8, 4) is 0 Å². The lowest BCUT2D eigenvalue weighted by Crippen LogP contribution is -2.37. The van der Waals surface area contributed by atoms with Crippen LogP contribution in [0.2, 0.25) is 0 Å². The number of hydrogen-bond donors (Lipinski definition) is 1. The summed E-state index contributed by atoms with van der Waals surface area (Å²) in [6, 6.07) is 12.1. The molecule has 1 aliphatic rings. The highest BCUT2D eigenvalue weighted by atomic mass is 15.1. The number of rotatable bonds is 6. The van der Waals surface area contributed by atoms with Crippen molar-refractivity contribution in [2.45, 2.75) is 51.1 Å². The van der Waals surface area contributed by atoms with E-state index >= 15 is 0 Å². The van der Waals surface area contributed by atoms with Crippen molar-refractivity contribution in [1.29, 1.82) is 0 Å². The first-order chi connectivity index (χ1) is 9.70. The molecule has 0 saturated heterocycles. The Labute approximate surface area is 124 Å². The molecule has 1 saturated carbocycles. The molecular formula is C18H30N2. The SMILES string of the molecule is CNC(CCN(C)C1CCCC(C)C1)c1ccccc1. The quantitative estimate of drug-likeness (QED) is 0.847. The summed E-state index contributed by atoms with van der Waals surface area (Å²) in [6.07, 6.45) is 6.78. The molecule has 112 valence electrons. The van der Waals surface area contributed by atoms with Crippen molar-refractivity contribution >= 4 is 0 Å². The van der Waals surface area contributed by atoms with Crippen molar-refractivity contribution in [3.05, 3.63) is 35.9 Å². The Morgan fingerprint density at radius 2 is 2.00 bits per heavy atom. The summed E-state index contributed by atoms with van der Waals surface area (Å²) < 4.78 is 0. The largest absolute Gasteiger partial charge is 0.313 e. The Bertz CT molecular complexity index is 376. The van der Waals surface area contributed by atoms with Crippen LogP contribution in [0.1, 0.15) is 50.6 Å². The summed E-state index contributed by atoms with van der Waals surface area (Å²) >= 11 is 0. The van der Waals surface area contributed by atoms with Gasteiger partial charge in [0.25, 0.3) is 0 Å². The average molecular weight is 274 g/mol. The van der Waals surface area contributed by atoms with Gasteiger partial charge in [0.05, 0.1) is 0 Å². The number of nitrogens with one attached hydrogen (secondary N) is 1.